The number of anilines is 1. The topological polar surface area (TPSA) is 80.0 Å². The van der Waals surface area contributed by atoms with Crippen LogP contribution in [-0.4, -0.2) is 61.9 Å². The third-order valence-electron chi connectivity index (χ3n) is 5.82. The predicted molar refractivity (Wildman–Crippen MR) is 96.8 cm³/mol. The van der Waals surface area contributed by atoms with Gasteiger partial charge in [0.25, 0.3) is 5.91 Å². The number of nitrogens with zero attached hydrogens (tertiary/aromatic N) is 7. The van der Waals surface area contributed by atoms with Gasteiger partial charge in [0.05, 0.1) is 6.20 Å². The lowest BCUT2D eigenvalue weighted by Crippen LogP contribution is -2.48. The molecule has 4 heterocycles. The Bertz CT molecular complexity index is 784. The van der Waals surface area contributed by atoms with Crippen LogP contribution >= 0.6 is 0 Å². The zero-order valence-electron chi connectivity index (χ0n) is 15.4. The van der Waals surface area contributed by atoms with Crippen molar-refractivity contribution in [2.45, 2.75) is 32.6 Å². The van der Waals surface area contributed by atoms with Crippen LogP contribution in [0.4, 0.5) is 5.95 Å². The molecule has 0 radical (unpaired) electrons. The molecule has 2 saturated heterocycles. The second kappa shape index (κ2) is 6.66. The molecule has 2 aliphatic heterocycles. The number of hydrogen-bond donors (Lipinski definition) is 0. The van der Waals surface area contributed by atoms with E-state index in [-0.39, 0.29) is 5.91 Å². The Labute approximate surface area is 153 Å². The van der Waals surface area contributed by atoms with E-state index < -0.39 is 0 Å². The van der Waals surface area contributed by atoms with Gasteiger partial charge in [0, 0.05) is 45.1 Å². The van der Waals surface area contributed by atoms with E-state index in [4.69, 9.17) is 0 Å². The lowest BCUT2D eigenvalue weighted by molar-refractivity contribution is 0.0509. The zero-order valence-corrected chi connectivity index (χ0v) is 15.4. The van der Waals surface area contributed by atoms with Crippen molar-refractivity contribution < 1.29 is 4.79 Å². The number of aryl methyl sites for hydroxylation is 2. The highest BCUT2D eigenvalue weighted by atomic mass is 16.2. The molecule has 0 saturated carbocycles. The number of aromatic nitrogens is 5. The lowest BCUT2D eigenvalue weighted by Gasteiger charge is -2.46. The Balaban J connectivity index is 1.34. The van der Waals surface area contributed by atoms with Crippen molar-refractivity contribution in [3.05, 3.63) is 29.8 Å². The molecule has 8 heteroatoms. The largest absolute Gasteiger partial charge is 0.341 e. The van der Waals surface area contributed by atoms with E-state index in [9.17, 15) is 4.79 Å². The first-order chi connectivity index (χ1) is 12.5. The van der Waals surface area contributed by atoms with Crippen molar-refractivity contribution in [2.24, 2.45) is 12.5 Å². The fraction of sp³-hybridized carbons (Fsp3) is 0.611. The van der Waals surface area contributed by atoms with Crippen LogP contribution in [0.3, 0.4) is 0 Å². The fourth-order valence-corrected chi connectivity index (χ4v) is 4.06. The molecular weight excluding hydrogens is 330 g/mol. The molecule has 0 aliphatic carbocycles. The van der Waals surface area contributed by atoms with Crippen LogP contribution in [0.25, 0.3) is 0 Å². The number of likely N-dealkylation sites (tertiary alicyclic amines) is 1. The molecular formula is C18H25N7O. The van der Waals surface area contributed by atoms with Crippen LogP contribution in [0.5, 0.6) is 0 Å². The van der Waals surface area contributed by atoms with Crippen molar-refractivity contribution in [2.75, 3.05) is 31.1 Å². The molecule has 26 heavy (non-hydrogen) atoms. The maximum atomic E-state index is 12.5. The summed E-state index contributed by atoms with van der Waals surface area (Å²) in [4.78, 5) is 25.7. The Morgan fingerprint density at radius 2 is 1.81 bits per heavy atom. The quantitative estimate of drug-likeness (QED) is 0.811. The lowest BCUT2D eigenvalue weighted by atomic mass is 9.71. The molecule has 0 N–H and O–H groups in total. The van der Waals surface area contributed by atoms with Gasteiger partial charge in [-0.15, -0.1) is 5.10 Å². The maximum absolute atomic E-state index is 12.5. The summed E-state index contributed by atoms with van der Waals surface area (Å²) >= 11 is 0. The van der Waals surface area contributed by atoms with Crippen molar-refractivity contribution in [3.63, 3.8) is 0 Å². The summed E-state index contributed by atoms with van der Waals surface area (Å²) in [6.07, 6.45) is 7.91. The summed E-state index contributed by atoms with van der Waals surface area (Å²) in [7, 11) is 1.78. The summed E-state index contributed by atoms with van der Waals surface area (Å²) in [5.41, 5.74) is 1.79. The van der Waals surface area contributed by atoms with E-state index in [0.717, 1.165) is 63.5 Å². The minimum atomic E-state index is -0.00135. The molecule has 2 fully saturated rings. The van der Waals surface area contributed by atoms with E-state index >= 15 is 0 Å². The minimum absolute atomic E-state index is 0.00135. The molecule has 4 rings (SSSR count). The first-order valence-corrected chi connectivity index (χ1v) is 9.25. The highest BCUT2D eigenvalue weighted by Crippen LogP contribution is 2.41. The normalized spacial score (nSPS) is 19.8. The second-order valence-corrected chi connectivity index (χ2v) is 7.55. The Morgan fingerprint density at radius 3 is 2.42 bits per heavy atom. The molecule has 0 unspecified atom stereocenters. The van der Waals surface area contributed by atoms with Crippen LogP contribution in [-0.2, 0) is 7.05 Å². The first-order valence-electron chi connectivity index (χ1n) is 9.25. The smallest absolute Gasteiger partial charge is 0.276 e. The van der Waals surface area contributed by atoms with Gasteiger partial charge in [-0.25, -0.2) is 9.97 Å². The fourth-order valence-electron chi connectivity index (χ4n) is 4.06. The molecule has 1 spiro atoms. The second-order valence-electron chi connectivity index (χ2n) is 7.55. The van der Waals surface area contributed by atoms with Crippen LogP contribution in [0.15, 0.2) is 18.5 Å². The third-order valence-corrected chi connectivity index (χ3v) is 5.82. The number of hydrogen-bond acceptors (Lipinski definition) is 6. The van der Waals surface area contributed by atoms with Gasteiger partial charge in [0.2, 0.25) is 5.95 Å². The van der Waals surface area contributed by atoms with Gasteiger partial charge in [-0.05, 0) is 44.1 Å². The molecule has 0 atom stereocenters. The molecule has 2 aliphatic rings. The molecule has 1 amide bonds. The molecule has 138 valence electrons. The predicted octanol–water partition coefficient (Wildman–Crippen LogP) is 1.44. The third kappa shape index (κ3) is 3.27. The van der Waals surface area contributed by atoms with Gasteiger partial charge >= 0.3 is 0 Å². The number of piperidine rings is 2. The maximum Gasteiger partial charge on any atom is 0.276 e. The number of amides is 1. The summed E-state index contributed by atoms with van der Waals surface area (Å²) in [5.74, 6) is 0.841. The highest BCUT2D eigenvalue weighted by molar-refractivity contribution is 5.92. The van der Waals surface area contributed by atoms with E-state index in [1.165, 1.54) is 0 Å². The SMILES string of the molecule is Cc1ccnc(N2CCC3(CCN(C(=O)c4cn(C)nn4)CC3)CC2)n1. The monoisotopic (exact) mass is 355 g/mol. The van der Waals surface area contributed by atoms with Gasteiger partial charge < -0.3 is 9.80 Å². The minimum Gasteiger partial charge on any atom is -0.341 e. The number of carbonyl (C=O) groups excluding carboxylic acids is 1. The van der Waals surface area contributed by atoms with Crippen LogP contribution < -0.4 is 4.90 Å². The van der Waals surface area contributed by atoms with E-state index in [0.29, 0.717) is 11.1 Å². The summed E-state index contributed by atoms with van der Waals surface area (Å²) in [6.45, 7) is 5.58. The van der Waals surface area contributed by atoms with Crippen LogP contribution in [0.2, 0.25) is 0 Å². The molecule has 2 aromatic rings. The molecule has 2 aromatic heterocycles. The number of carbonyl (C=O) groups is 1. The van der Waals surface area contributed by atoms with E-state index in [1.807, 2.05) is 24.1 Å². The molecule has 0 aromatic carbocycles. The van der Waals surface area contributed by atoms with E-state index in [1.54, 1.807) is 17.9 Å². The average molecular weight is 355 g/mol. The van der Waals surface area contributed by atoms with Gasteiger partial charge in [-0.2, -0.15) is 0 Å². The van der Waals surface area contributed by atoms with Gasteiger partial charge in [0.1, 0.15) is 0 Å². The molecule has 0 bridgehead atoms. The first kappa shape index (κ1) is 16.9. The standard InChI is InChI=1S/C18H25N7O/c1-14-3-8-19-17(20-14)25-11-6-18(7-12-25)4-9-24(10-5-18)16(26)15-13-23(2)22-21-15/h3,8,13H,4-7,9-12H2,1-2H3. The summed E-state index contributed by atoms with van der Waals surface area (Å²) in [5, 5.41) is 7.81. The van der Waals surface area contributed by atoms with Crippen LogP contribution in [0, 0.1) is 12.3 Å². The summed E-state index contributed by atoms with van der Waals surface area (Å²) in [6, 6.07) is 1.93. The zero-order chi connectivity index (χ0) is 18.1. The Hall–Kier alpha value is -2.51. The van der Waals surface area contributed by atoms with Crippen molar-refractivity contribution in [3.8, 4) is 0 Å². The Morgan fingerprint density at radius 1 is 1.12 bits per heavy atom. The van der Waals surface area contributed by atoms with Crippen molar-refractivity contribution in [1.82, 2.24) is 29.9 Å². The van der Waals surface area contributed by atoms with Gasteiger partial charge in [-0.3, -0.25) is 9.48 Å². The van der Waals surface area contributed by atoms with Gasteiger partial charge in [-0.1, -0.05) is 5.21 Å². The van der Waals surface area contributed by atoms with Crippen molar-refractivity contribution in [1.29, 1.82) is 0 Å². The molecule has 8 nitrogen and oxygen atoms in total. The Kier molecular flexibility index (Phi) is 4.34. The van der Waals surface area contributed by atoms with Crippen molar-refractivity contribution >= 4 is 11.9 Å². The number of rotatable bonds is 2. The van der Waals surface area contributed by atoms with Crippen LogP contribution in [0.1, 0.15) is 41.9 Å². The summed E-state index contributed by atoms with van der Waals surface area (Å²) < 4.78 is 1.57. The van der Waals surface area contributed by atoms with Gasteiger partial charge in [0.15, 0.2) is 5.69 Å². The highest BCUT2D eigenvalue weighted by Gasteiger charge is 2.39. The van der Waals surface area contributed by atoms with E-state index in [2.05, 4.69) is 25.2 Å². The average Bonchev–Trinajstić information content (AvgIpc) is 3.09.